The number of nitrogens with one attached hydrogen (secondary N) is 2. The minimum atomic E-state index is -0.533. The number of fused-ring (bicyclic) bond motifs is 1. The van der Waals surface area contributed by atoms with Crippen LogP contribution in [0.15, 0.2) is 37.1 Å². The fourth-order valence-electron chi connectivity index (χ4n) is 5.94. The smallest absolute Gasteiger partial charge is 0.410 e. The van der Waals surface area contributed by atoms with Crippen LogP contribution in [0.2, 0.25) is 0 Å². The maximum absolute atomic E-state index is 14.6. The number of carbonyl (C=O) groups is 2. The minimum absolute atomic E-state index is 0.101. The molecule has 226 valence electrons. The number of rotatable bonds is 7. The maximum Gasteiger partial charge on any atom is 0.410 e. The van der Waals surface area contributed by atoms with Crippen LogP contribution in [0, 0.1) is 11.7 Å². The van der Waals surface area contributed by atoms with Crippen molar-refractivity contribution < 1.29 is 18.7 Å². The number of amides is 2. The molecule has 0 aliphatic carbocycles. The van der Waals surface area contributed by atoms with Gasteiger partial charge in [0.1, 0.15) is 5.60 Å². The average molecular weight is 580 g/mol. The van der Waals surface area contributed by atoms with E-state index in [1.807, 2.05) is 31.7 Å². The zero-order valence-corrected chi connectivity index (χ0v) is 24.9. The van der Waals surface area contributed by atoms with E-state index < -0.39 is 11.4 Å². The topological polar surface area (TPSA) is 103 Å². The molecule has 2 N–H and O–H groups in total. The standard InChI is InChI=1S/C31H42FN7O3/c1-5-27(40)39-12-6-7-25(20-39)34-28-26(32)16-33-29(36-28)35-24-9-8-22-18-37(19-23(22)15-24)17-21-10-13-38(14-11-21)30(41)42-31(2,3)4/h5,8-9,15-16,21,25H,1,6-7,10-14,17-20H2,2-4H3,(H2,33,34,35,36)/t25-/m1/s1. The van der Waals surface area contributed by atoms with Crippen molar-refractivity contribution in [3.8, 4) is 0 Å². The summed E-state index contributed by atoms with van der Waals surface area (Å²) in [6.07, 6.45) is 5.84. The van der Waals surface area contributed by atoms with Crippen LogP contribution in [0.1, 0.15) is 57.6 Å². The molecule has 11 heteroatoms. The molecular formula is C31H42FN7O3. The number of carbonyl (C=O) groups excluding carboxylic acids is 2. The molecule has 1 aromatic heterocycles. The van der Waals surface area contributed by atoms with Crippen molar-refractivity contribution in [1.82, 2.24) is 24.7 Å². The molecule has 42 heavy (non-hydrogen) atoms. The highest BCUT2D eigenvalue weighted by Crippen LogP contribution is 2.30. The molecule has 10 nitrogen and oxygen atoms in total. The van der Waals surface area contributed by atoms with Crippen LogP contribution in [0.5, 0.6) is 0 Å². The van der Waals surface area contributed by atoms with Gasteiger partial charge in [-0.1, -0.05) is 12.6 Å². The summed E-state index contributed by atoms with van der Waals surface area (Å²) in [4.78, 5) is 38.9. The molecule has 0 unspecified atom stereocenters. The van der Waals surface area contributed by atoms with E-state index in [0.717, 1.165) is 70.3 Å². The Labute approximate surface area is 247 Å². The first-order valence-corrected chi connectivity index (χ1v) is 14.9. The second-order valence-electron chi connectivity index (χ2n) is 12.6. The summed E-state index contributed by atoms with van der Waals surface area (Å²) in [6, 6.07) is 6.13. The van der Waals surface area contributed by atoms with E-state index in [1.165, 1.54) is 17.2 Å². The van der Waals surface area contributed by atoms with Gasteiger partial charge in [0.15, 0.2) is 11.6 Å². The number of anilines is 3. The summed E-state index contributed by atoms with van der Waals surface area (Å²) in [5.74, 6) is 0.316. The molecule has 1 atom stereocenters. The predicted molar refractivity (Wildman–Crippen MR) is 160 cm³/mol. The van der Waals surface area contributed by atoms with Gasteiger partial charge in [-0.25, -0.2) is 14.2 Å². The molecule has 2 aromatic rings. The summed E-state index contributed by atoms with van der Waals surface area (Å²) in [5, 5.41) is 6.39. The third-order valence-electron chi connectivity index (χ3n) is 8.03. The lowest BCUT2D eigenvalue weighted by Crippen LogP contribution is -2.44. The van der Waals surface area contributed by atoms with Crippen LogP contribution in [0.3, 0.4) is 0 Å². The van der Waals surface area contributed by atoms with Crippen molar-refractivity contribution >= 4 is 29.5 Å². The van der Waals surface area contributed by atoms with Crippen molar-refractivity contribution in [1.29, 1.82) is 0 Å². The highest BCUT2D eigenvalue weighted by Gasteiger charge is 2.29. The number of hydrogen-bond acceptors (Lipinski definition) is 8. The van der Waals surface area contributed by atoms with E-state index in [9.17, 15) is 14.0 Å². The summed E-state index contributed by atoms with van der Waals surface area (Å²) in [7, 11) is 0. The molecule has 3 aliphatic rings. The van der Waals surface area contributed by atoms with Gasteiger partial charge in [0.05, 0.1) is 6.20 Å². The number of piperidine rings is 2. The Morgan fingerprint density at radius 3 is 2.62 bits per heavy atom. The Morgan fingerprint density at radius 2 is 1.88 bits per heavy atom. The van der Waals surface area contributed by atoms with E-state index in [-0.39, 0.29) is 23.9 Å². The molecule has 3 aliphatic heterocycles. The number of benzene rings is 1. The molecule has 2 amide bonds. The highest BCUT2D eigenvalue weighted by atomic mass is 19.1. The lowest BCUT2D eigenvalue weighted by atomic mass is 9.96. The fraction of sp³-hybridized carbons (Fsp3) is 0.548. The molecule has 2 fully saturated rings. The number of aromatic nitrogens is 2. The number of nitrogens with zero attached hydrogens (tertiary/aromatic N) is 5. The second kappa shape index (κ2) is 12.6. The monoisotopic (exact) mass is 579 g/mol. The van der Waals surface area contributed by atoms with Gasteiger partial charge >= 0.3 is 6.09 Å². The first-order valence-electron chi connectivity index (χ1n) is 14.9. The van der Waals surface area contributed by atoms with Gasteiger partial charge in [-0.15, -0.1) is 0 Å². The number of likely N-dealkylation sites (tertiary alicyclic amines) is 2. The zero-order chi connectivity index (χ0) is 29.9. The van der Waals surface area contributed by atoms with Gasteiger partial charge in [-0.3, -0.25) is 9.69 Å². The first kappa shape index (κ1) is 29.8. The van der Waals surface area contributed by atoms with E-state index >= 15 is 0 Å². The van der Waals surface area contributed by atoms with Crippen LogP contribution in [-0.2, 0) is 22.6 Å². The first-order chi connectivity index (χ1) is 20.1. The summed E-state index contributed by atoms with van der Waals surface area (Å²) >= 11 is 0. The van der Waals surface area contributed by atoms with Gasteiger partial charge < -0.3 is 25.2 Å². The van der Waals surface area contributed by atoms with Crippen molar-refractivity contribution in [3.05, 3.63) is 54.0 Å². The average Bonchev–Trinajstić information content (AvgIpc) is 3.35. The van der Waals surface area contributed by atoms with Crippen molar-refractivity contribution in [2.45, 2.75) is 71.2 Å². The lowest BCUT2D eigenvalue weighted by molar-refractivity contribution is -0.127. The van der Waals surface area contributed by atoms with Gasteiger partial charge in [0, 0.05) is 57.5 Å². The Hall–Kier alpha value is -3.73. The highest BCUT2D eigenvalue weighted by molar-refractivity contribution is 5.87. The van der Waals surface area contributed by atoms with Crippen LogP contribution < -0.4 is 10.6 Å². The summed E-state index contributed by atoms with van der Waals surface area (Å²) in [6.45, 7) is 14.6. The largest absolute Gasteiger partial charge is 0.444 e. The molecule has 5 rings (SSSR count). The molecular weight excluding hydrogens is 537 g/mol. The van der Waals surface area contributed by atoms with Crippen LogP contribution in [0.25, 0.3) is 0 Å². The number of halogens is 1. The van der Waals surface area contributed by atoms with Gasteiger partial charge in [-0.05, 0) is 81.7 Å². The van der Waals surface area contributed by atoms with E-state index in [0.29, 0.717) is 25.0 Å². The number of ether oxygens (including phenoxy) is 1. The quantitative estimate of drug-likeness (QED) is 0.446. The third-order valence-corrected chi connectivity index (χ3v) is 8.03. The normalized spacial score (nSPS) is 19.8. The van der Waals surface area contributed by atoms with Crippen molar-refractivity contribution in [2.24, 2.45) is 5.92 Å². The summed E-state index contributed by atoms with van der Waals surface area (Å²) < 4.78 is 20.1. The third kappa shape index (κ3) is 7.56. The Kier molecular flexibility index (Phi) is 8.96. The van der Waals surface area contributed by atoms with Gasteiger partial charge in [0.25, 0.3) is 0 Å². The fourth-order valence-corrected chi connectivity index (χ4v) is 5.94. The molecule has 0 bridgehead atoms. The second-order valence-corrected chi connectivity index (χ2v) is 12.6. The molecule has 0 saturated carbocycles. The minimum Gasteiger partial charge on any atom is -0.444 e. The Bertz CT molecular complexity index is 1310. The summed E-state index contributed by atoms with van der Waals surface area (Å²) in [5.41, 5.74) is 2.92. The SMILES string of the molecule is C=CC(=O)N1CCC[C@@H](Nc2nc(Nc3ccc4c(c3)CN(CC3CCN(C(=O)OC(C)(C)C)CC3)C4)ncc2F)C1. The molecule has 0 spiro atoms. The predicted octanol–water partition coefficient (Wildman–Crippen LogP) is 4.91. The van der Waals surface area contributed by atoms with Gasteiger partial charge in [-0.2, -0.15) is 4.98 Å². The van der Waals surface area contributed by atoms with E-state index in [1.54, 1.807) is 4.90 Å². The molecule has 2 saturated heterocycles. The Balaban J connectivity index is 1.13. The van der Waals surface area contributed by atoms with E-state index in [4.69, 9.17) is 4.74 Å². The van der Waals surface area contributed by atoms with Crippen LogP contribution in [0.4, 0.5) is 26.6 Å². The lowest BCUT2D eigenvalue weighted by Gasteiger charge is -2.34. The van der Waals surface area contributed by atoms with Crippen LogP contribution in [-0.4, -0.2) is 81.0 Å². The molecule has 0 radical (unpaired) electrons. The molecule has 1 aromatic carbocycles. The van der Waals surface area contributed by atoms with Gasteiger partial charge in [0.2, 0.25) is 11.9 Å². The zero-order valence-electron chi connectivity index (χ0n) is 24.9. The Morgan fingerprint density at radius 1 is 1.12 bits per heavy atom. The molecule has 4 heterocycles. The van der Waals surface area contributed by atoms with Crippen molar-refractivity contribution in [2.75, 3.05) is 43.4 Å². The van der Waals surface area contributed by atoms with E-state index in [2.05, 4.69) is 44.2 Å². The number of hydrogen-bond donors (Lipinski definition) is 2. The van der Waals surface area contributed by atoms with Crippen LogP contribution >= 0.6 is 0 Å². The van der Waals surface area contributed by atoms with Crippen molar-refractivity contribution in [3.63, 3.8) is 0 Å². The maximum atomic E-state index is 14.6.